The highest BCUT2D eigenvalue weighted by atomic mass is 19.4. The fraction of sp³-hybridized carbons (Fsp3) is 0.0588. The van der Waals surface area contributed by atoms with Gasteiger partial charge >= 0.3 is 12.1 Å². The van der Waals surface area contributed by atoms with Crippen LogP contribution in [0, 0.1) is 0 Å². The number of H-pyrrole nitrogens is 1. The standard InChI is InChI=1S/C15H10N6O.C2HF3O2/c1-2-5-11(10(4-1)12-18-8-9-19-12)15-20-14(21-22-15)13-16-6-3-7-17-13;3-2(4,5)1(6)7/h1-9H,(H,18,19);(H,6,7). The third-order valence-electron chi connectivity index (χ3n) is 3.35. The molecule has 0 aliphatic heterocycles. The SMILES string of the molecule is O=C(O)C(F)(F)F.c1cnc(-c2noc(-c3ccccc3-c3ncc[nH]3)n2)nc1. The molecule has 4 aromatic rings. The number of carboxylic acid groups (broad SMARTS) is 1. The van der Waals surface area contributed by atoms with Crippen LogP contribution in [0.15, 0.2) is 59.6 Å². The fourth-order valence-corrected chi connectivity index (χ4v) is 2.13. The number of alkyl halides is 3. The second-order valence-corrected chi connectivity index (χ2v) is 5.28. The molecule has 0 aliphatic carbocycles. The lowest BCUT2D eigenvalue weighted by Crippen LogP contribution is -2.21. The molecule has 3 heterocycles. The molecule has 0 radical (unpaired) electrons. The first kappa shape index (κ1) is 19.7. The Morgan fingerprint density at radius 3 is 2.21 bits per heavy atom. The third kappa shape index (κ3) is 4.80. The molecule has 0 bridgehead atoms. The number of carboxylic acids is 1. The van der Waals surface area contributed by atoms with E-state index in [0.717, 1.165) is 17.0 Å². The van der Waals surface area contributed by atoms with Crippen LogP contribution in [0.3, 0.4) is 0 Å². The second kappa shape index (κ2) is 8.29. The Bertz CT molecular complexity index is 1080. The van der Waals surface area contributed by atoms with Crippen LogP contribution in [0.25, 0.3) is 34.5 Å². The van der Waals surface area contributed by atoms with Gasteiger partial charge in [-0.25, -0.2) is 19.7 Å². The van der Waals surface area contributed by atoms with Gasteiger partial charge in [-0.15, -0.1) is 0 Å². The summed E-state index contributed by atoms with van der Waals surface area (Å²) in [5.74, 6) is -0.842. The molecular weight excluding hydrogens is 393 g/mol. The van der Waals surface area contributed by atoms with Crippen LogP contribution in [0.5, 0.6) is 0 Å². The summed E-state index contributed by atoms with van der Waals surface area (Å²) in [6, 6.07) is 9.42. The third-order valence-corrected chi connectivity index (χ3v) is 3.35. The Balaban J connectivity index is 0.000000298. The molecule has 29 heavy (non-hydrogen) atoms. The number of halogens is 3. The van der Waals surface area contributed by atoms with E-state index in [1.807, 2.05) is 24.3 Å². The number of benzene rings is 1. The van der Waals surface area contributed by atoms with Crippen LogP contribution in [-0.2, 0) is 4.79 Å². The predicted molar refractivity (Wildman–Crippen MR) is 92.0 cm³/mol. The summed E-state index contributed by atoms with van der Waals surface area (Å²) in [5, 5.41) is 11.1. The molecule has 4 rings (SSSR count). The molecule has 9 nitrogen and oxygen atoms in total. The van der Waals surface area contributed by atoms with Crippen LogP contribution in [0.2, 0.25) is 0 Å². The zero-order chi connectivity index (χ0) is 20.9. The maximum absolute atomic E-state index is 10.6. The van der Waals surface area contributed by atoms with E-state index < -0.39 is 12.1 Å². The van der Waals surface area contributed by atoms with E-state index in [9.17, 15) is 13.2 Å². The quantitative estimate of drug-likeness (QED) is 0.532. The number of aliphatic carboxylic acids is 1. The maximum Gasteiger partial charge on any atom is 0.490 e. The molecule has 0 fully saturated rings. The van der Waals surface area contributed by atoms with Gasteiger partial charge in [-0.3, -0.25) is 0 Å². The number of carbonyl (C=O) groups is 1. The fourth-order valence-electron chi connectivity index (χ4n) is 2.13. The van der Waals surface area contributed by atoms with Gasteiger partial charge in [0.25, 0.3) is 5.89 Å². The summed E-state index contributed by atoms with van der Waals surface area (Å²) < 4.78 is 37.1. The van der Waals surface area contributed by atoms with E-state index >= 15 is 0 Å². The minimum absolute atomic E-state index is 0.352. The number of rotatable bonds is 3. The summed E-state index contributed by atoms with van der Waals surface area (Å²) in [5.41, 5.74) is 1.68. The average molecular weight is 404 g/mol. The van der Waals surface area contributed by atoms with Crippen molar-refractivity contribution in [3.8, 4) is 34.5 Å². The maximum atomic E-state index is 10.6. The van der Waals surface area contributed by atoms with Crippen molar-refractivity contribution < 1.29 is 27.6 Å². The van der Waals surface area contributed by atoms with Crippen LogP contribution in [0.4, 0.5) is 13.2 Å². The van der Waals surface area contributed by atoms with Gasteiger partial charge in [0.2, 0.25) is 11.6 Å². The van der Waals surface area contributed by atoms with Gasteiger partial charge in [-0.1, -0.05) is 23.4 Å². The Kier molecular flexibility index (Phi) is 5.62. The zero-order valence-corrected chi connectivity index (χ0v) is 14.3. The van der Waals surface area contributed by atoms with Gasteiger partial charge in [0.15, 0.2) is 0 Å². The highest BCUT2D eigenvalue weighted by Crippen LogP contribution is 2.29. The highest BCUT2D eigenvalue weighted by Gasteiger charge is 2.38. The van der Waals surface area contributed by atoms with Gasteiger partial charge in [-0.05, 0) is 12.1 Å². The number of hydrogen-bond donors (Lipinski definition) is 2. The summed E-state index contributed by atoms with van der Waals surface area (Å²) in [6.45, 7) is 0. The topological polar surface area (TPSA) is 131 Å². The lowest BCUT2D eigenvalue weighted by atomic mass is 10.1. The smallest absolute Gasteiger partial charge is 0.475 e. The molecule has 0 saturated heterocycles. The number of imidazole rings is 1. The van der Waals surface area contributed by atoms with E-state index in [0.29, 0.717) is 17.5 Å². The number of aromatic nitrogens is 6. The van der Waals surface area contributed by atoms with Crippen molar-refractivity contribution in [3.05, 3.63) is 55.1 Å². The number of hydrogen-bond acceptors (Lipinski definition) is 7. The van der Waals surface area contributed by atoms with E-state index in [4.69, 9.17) is 14.4 Å². The molecular formula is C17H11F3N6O3. The molecule has 0 atom stereocenters. The van der Waals surface area contributed by atoms with E-state index in [1.54, 1.807) is 30.9 Å². The van der Waals surface area contributed by atoms with Crippen molar-refractivity contribution in [3.63, 3.8) is 0 Å². The number of nitrogens with one attached hydrogen (secondary N) is 1. The van der Waals surface area contributed by atoms with Crippen LogP contribution in [0.1, 0.15) is 0 Å². The molecule has 2 N–H and O–H groups in total. The van der Waals surface area contributed by atoms with Crippen LogP contribution in [-0.4, -0.2) is 47.3 Å². The lowest BCUT2D eigenvalue weighted by Gasteiger charge is -2.02. The van der Waals surface area contributed by atoms with Gasteiger partial charge in [0, 0.05) is 30.4 Å². The van der Waals surface area contributed by atoms with Gasteiger partial charge in [0.05, 0.1) is 5.56 Å². The van der Waals surface area contributed by atoms with E-state index in [2.05, 4.69) is 30.1 Å². The Morgan fingerprint density at radius 1 is 0.966 bits per heavy atom. The minimum Gasteiger partial charge on any atom is -0.475 e. The first-order valence-electron chi connectivity index (χ1n) is 7.86. The molecule has 1 aromatic carbocycles. The summed E-state index contributed by atoms with van der Waals surface area (Å²) in [6.07, 6.45) is 1.65. The van der Waals surface area contributed by atoms with Crippen molar-refractivity contribution in [2.45, 2.75) is 6.18 Å². The number of nitrogens with zero attached hydrogens (tertiary/aromatic N) is 5. The van der Waals surface area contributed by atoms with Gasteiger partial charge < -0.3 is 14.6 Å². The Morgan fingerprint density at radius 2 is 1.62 bits per heavy atom. The summed E-state index contributed by atoms with van der Waals surface area (Å²) in [7, 11) is 0. The van der Waals surface area contributed by atoms with Crippen LogP contribution < -0.4 is 0 Å². The first-order valence-corrected chi connectivity index (χ1v) is 7.86. The summed E-state index contributed by atoms with van der Waals surface area (Å²) in [4.78, 5) is 28.8. The second-order valence-electron chi connectivity index (χ2n) is 5.28. The minimum atomic E-state index is -5.08. The Labute approximate surface area is 160 Å². The molecule has 0 aliphatic rings. The van der Waals surface area contributed by atoms with E-state index in [-0.39, 0.29) is 0 Å². The Hall–Kier alpha value is -4.09. The monoisotopic (exact) mass is 404 g/mol. The van der Waals surface area contributed by atoms with Crippen molar-refractivity contribution in [1.29, 1.82) is 0 Å². The molecule has 12 heteroatoms. The largest absolute Gasteiger partial charge is 0.490 e. The molecule has 148 valence electrons. The lowest BCUT2D eigenvalue weighted by molar-refractivity contribution is -0.192. The predicted octanol–water partition coefficient (Wildman–Crippen LogP) is 3.22. The molecule has 0 unspecified atom stereocenters. The normalized spacial score (nSPS) is 10.9. The van der Waals surface area contributed by atoms with Crippen molar-refractivity contribution in [1.82, 2.24) is 30.1 Å². The van der Waals surface area contributed by atoms with Crippen molar-refractivity contribution in [2.24, 2.45) is 0 Å². The molecule has 0 spiro atoms. The van der Waals surface area contributed by atoms with Crippen LogP contribution >= 0.6 is 0 Å². The van der Waals surface area contributed by atoms with Crippen molar-refractivity contribution in [2.75, 3.05) is 0 Å². The summed E-state index contributed by atoms with van der Waals surface area (Å²) >= 11 is 0. The van der Waals surface area contributed by atoms with E-state index in [1.165, 1.54) is 0 Å². The molecule has 0 amide bonds. The first-order chi connectivity index (χ1) is 13.9. The zero-order valence-electron chi connectivity index (χ0n) is 14.3. The number of aromatic amines is 1. The average Bonchev–Trinajstić information content (AvgIpc) is 3.41. The van der Waals surface area contributed by atoms with Gasteiger partial charge in [0.1, 0.15) is 5.82 Å². The van der Waals surface area contributed by atoms with Gasteiger partial charge in [-0.2, -0.15) is 18.2 Å². The molecule has 3 aromatic heterocycles. The van der Waals surface area contributed by atoms with Crippen molar-refractivity contribution >= 4 is 5.97 Å². The molecule has 0 saturated carbocycles. The highest BCUT2D eigenvalue weighted by molar-refractivity contribution is 5.76.